The summed E-state index contributed by atoms with van der Waals surface area (Å²) >= 11 is 0. The summed E-state index contributed by atoms with van der Waals surface area (Å²) in [6.45, 7) is 3.24. The first-order valence-corrected chi connectivity index (χ1v) is 4.55. The number of hydrogen-bond donors (Lipinski definition) is 1. The molecule has 0 aliphatic rings. The molecule has 0 unspecified atom stereocenters. The second kappa shape index (κ2) is 4.77. The normalized spacial score (nSPS) is 14.5. The molecule has 0 bridgehead atoms. The number of carbonyl (C=O) groups is 1. The molecule has 0 spiro atoms. The van der Waals surface area contributed by atoms with Crippen LogP contribution in [0.5, 0.6) is 0 Å². The highest BCUT2D eigenvalue weighted by Gasteiger charge is 2.15. The van der Waals surface area contributed by atoms with E-state index in [9.17, 15) is 4.79 Å². The molecule has 1 N–H and O–H groups in total. The Bertz CT molecular complexity index is 293. The molecule has 0 saturated carbocycles. The van der Waals surface area contributed by atoms with Crippen LogP contribution in [-0.2, 0) is 4.74 Å². The van der Waals surface area contributed by atoms with Crippen LogP contribution >= 0.6 is 0 Å². The van der Waals surface area contributed by atoms with Crippen LogP contribution in [0.25, 0.3) is 0 Å². The third-order valence-electron chi connectivity index (χ3n) is 1.98. The van der Waals surface area contributed by atoms with E-state index in [1.54, 1.807) is 38.1 Å². The zero-order valence-corrected chi connectivity index (χ0v) is 8.31. The lowest BCUT2D eigenvalue weighted by molar-refractivity contribution is -0.00468. The Labute approximate surface area is 83.3 Å². The quantitative estimate of drug-likeness (QED) is 0.743. The number of hydrogen-bond acceptors (Lipinski definition) is 3. The van der Waals surface area contributed by atoms with Gasteiger partial charge in [0, 0.05) is 0 Å². The monoisotopic (exact) mass is 194 g/mol. The molecule has 1 aromatic rings. The molecule has 3 nitrogen and oxygen atoms in total. The van der Waals surface area contributed by atoms with Gasteiger partial charge in [-0.1, -0.05) is 18.2 Å². The topological polar surface area (TPSA) is 46.5 Å². The molecular weight excluding hydrogens is 180 g/mol. The van der Waals surface area contributed by atoms with Gasteiger partial charge in [-0.25, -0.2) is 4.79 Å². The van der Waals surface area contributed by atoms with E-state index in [-0.39, 0.29) is 0 Å². The largest absolute Gasteiger partial charge is 0.456 e. The minimum Gasteiger partial charge on any atom is -0.456 e. The molecule has 0 heterocycles. The molecule has 0 fully saturated rings. The Balaban J connectivity index is 2.60. The third kappa shape index (κ3) is 2.85. The van der Waals surface area contributed by atoms with Crippen LogP contribution in [0, 0.1) is 0 Å². The Kier molecular flexibility index (Phi) is 3.65. The van der Waals surface area contributed by atoms with Crippen molar-refractivity contribution >= 4 is 5.97 Å². The molecule has 0 aromatic heterocycles. The summed E-state index contributed by atoms with van der Waals surface area (Å²) in [6, 6.07) is 8.72. The minimum absolute atomic E-state index is 0.404. The molecule has 76 valence electrons. The summed E-state index contributed by atoms with van der Waals surface area (Å²) < 4.78 is 5.01. The maximum atomic E-state index is 11.4. The van der Waals surface area contributed by atoms with Crippen molar-refractivity contribution in [2.24, 2.45) is 0 Å². The van der Waals surface area contributed by atoms with Crippen molar-refractivity contribution < 1.29 is 14.6 Å². The standard InChI is InChI=1S/C11H14O3/c1-8(12)9(2)14-11(13)10-6-4-3-5-7-10/h3-9,12H,1-2H3/t8-,9+/m0/s1. The number of benzene rings is 1. The van der Waals surface area contributed by atoms with Crippen LogP contribution < -0.4 is 0 Å². The second-order valence-corrected chi connectivity index (χ2v) is 3.22. The summed E-state index contributed by atoms with van der Waals surface area (Å²) in [7, 11) is 0. The minimum atomic E-state index is -0.650. The molecule has 3 heteroatoms. The number of ether oxygens (including phenoxy) is 1. The summed E-state index contributed by atoms with van der Waals surface area (Å²) in [5.41, 5.74) is 0.500. The van der Waals surface area contributed by atoms with Crippen LogP contribution in [0.15, 0.2) is 30.3 Å². The second-order valence-electron chi connectivity index (χ2n) is 3.22. The Hall–Kier alpha value is -1.35. The van der Waals surface area contributed by atoms with E-state index in [1.807, 2.05) is 6.07 Å². The number of esters is 1. The number of rotatable bonds is 3. The van der Waals surface area contributed by atoms with Crippen molar-refractivity contribution in [3.63, 3.8) is 0 Å². The van der Waals surface area contributed by atoms with E-state index >= 15 is 0 Å². The van der Waals surface area contributed by atoms with Crippen LogP contribution in [0.3, 0.4) is 0 Å². The average Bonchev–Trinajstić information content (AvgIpc) is 2.19. The Morgan fingerprint density at radius 1 is 1.29 bits per heavy atom. The lowest BCUT2D eigenvalue weighted by Gasteiger charge is -2.15. The molecule has 0 saturated heterocycles. The van der Waals surface area contributed by atoms with Gasteiger partial charge < -0.3 is 9.84 Å². The van der Waals surface area contributed by atoms with Crippen molar-refractivity contribution in [2.45, 2.75) is 26.1 Å². The van der Waals surface area contributed by atoms with Gasteiger partial charge in [-0.15, -0.1) is 0 Å². The van der Waals surface area contributed by atoms with Crippen molar-refractivity contribution in [2.75, 3.05) is 0 Å². The van der Waals surface area contributed by atoms with Gasteiger partial charge in [0.15, 0.2) is 0 Å². The maximum absolute atomic E-state index is 11.4. The van der Waals surface area contributed by atoms with Gasteiger partial charge in [0.25, 0.3) is 0 Å². The average molecular weight is 194 g/mol. The summed E-state index contributed by atoms with van der Waals surface area (Å²) in [5, 5.41) is 9.14. The first-order valence-electron chi connectivity index (χ1n) is 4.55. The van der Waals surface area contributed by atoms with Crippen LogP contribution in [0.2, 0.25) is 0 Å². The van der Waals surface area contributed by atoms with E-state index in [0.717, 1.165) is 0 Å². The Morgan fingerprint density at radius 2 is 1.86 bits per heavy atom. The highest BCUT2D eigenvalue weighted by atomic mass is 16.6. The zero-order chi connectivity index (χ0) is 10.6. The smallest absolute Gasteiger partial charge is 0.338 e. The summed E-state index contributed by atoms with van der Waals surface area (Å²) in [4.78, 5) is 11.4. The van der Waals surface area contributed by atoms with Crippen molar-refractivity contribution in [1.82, 2.24) is 0 Å². The first-order chi connectivity index (χ1) is 6.61. The third-order valence-corrected chi connectivity index (χ3v) is 1.98. The lowest BCUT2D eigenvalue weighted by atomic mass is 10.2. The van der Waals surface area contributed by atoms with Gasteiger partial charge in [0.05, 0.1) is 11.7 Å². The van der Waals surface area contributed by atoms with Gasteiger partial charge in [-0.3, -0.25) is 0 Å². The van der Waals surface area contributed by atoms with E-state index in [2.05, 4.69) is 0 Å². The first kappa shape index (κ1) is 10.7. The fourth-order valence-corrected chi connectivity index (χ4v) is 0.910. The SMILES string of the molecule is C[C@H](O)[C@@H](C)OC(=O)c1ccccc1. The van der Waals surface area contributed by atoms with E-state index in [1.165, 1.54) is 0 Å². The highest BCUT2D eigenvalue weighted by molar-refractivity contribution is 5.89. The molecule has 0 radical (unpaired) electrons. The van der Waals surface area contributed by atoms with E-state index in [4.69, 9.17) is 9.84 Å². The van der Waals surface area contributed by atoms with Gasteiger partial charge in [0.2, 0.25) is 0 Å². The van der Waals surface area contributed by atoms with Crippen LogP contribution in [0.4, 0.5) is 0 Å². The highest BCUT2D eigenvalue weighted by Crippen LogP contribution is 2.05. The molecule has 14 heavy (non-hydrogen) atoms. The predicted octanol–water partition coefficient (Wildman–Crippen LogP) is 1.61. The zero-order valence-electron chi connectivity index (χ0n) is 8.31. The molecule has 1 aromatic carbocycles. The maximum Gasteiger partial charge on any atom is 0.338 e. The molecule has 0 aliphatic carbocycles. The molecule has 1 rings (SSSR count). The predicted molar refractivity (Wildman–Crippen MR) is 53.0 cm³/mol. The molecular formula is C11H14O3. The summed E-state index contributed by atoms with van der Waals surface area (Å²) in [6.07, 6.45) is -1.13. The van der Waals surface area contributed by atoms with Crippen LogP contribution in [-0.4, -0.2) is 23.3 Å². The molecule has 2 atom stereocenters. The van der Waals surface area contributed by atoms with Gasteiger partial charge in [-0.2, -0.15) is 0 Å². The van der Waals surface area contributed by atoms with E-state index in [0.29, 0.717) is 5.56 Å². The fraction of sp³-hybridized carbons (Fsp3) is 0.364. The van der Waals surface area contributed by atoms with E-state index < -0.39 is 18.2 Å². The van der Waals surface area contributed by atoms with Crippen molar-refractivity contribution in [1.29, 1.82) is 0 Å². The molecule has 0 amide bonds. The van der Waals surface area contributed by atoms with Gasteiger partial charge >= 0.3 is 5.97 Å². The number of carbonyl (C=O) groups excluding carboxylic acids is 1. The van der Waals surface area contributed by atoms with Crippen molar-refractivity contribution in [3.05, 3.63) is 35.9 Å². The number of aliphatic hydroxyl groups excluding tert-OH is 1. The molecule has 0 aliphatic heterocycles. The van der Waals surface area contributed by atoms with Gasteiger partial charge in [0.1, 0.15) is 6.10 Å². The van der Waals surface area contributed by atoms with Crippen molar-refractivity contribution in [3.8, 4) is 0 Å². The summed E-state index contributed by atoms with van der Waals surface area (Å²) in [5.74, 6) is -0.404. The van der Waals surface area contributed by atoms with Crippen LogP contribution in [0.1, 0.15) is 24.2 Å². The van der Waals surface area contributed by atoms with Gasteiger partial charge in [-0.05, 0) is 26.0 Å². The number of aliphatic hydroxyl groups is 1. The Morgan fingerprint density at radius 3 is 2.36 bits per heavy atom. The lowest BCUT2D eigenvalue weighted by Crippen LogP contribution is -2.25. The fourth-order valence-electron chi connectivity index (χ4n) is 0.910.